The van der Waals surface area contributed by atoms with Crippen LogP contribution in [0.4, 0.5) is 0 Å². The van der Waals surface area contributed by atoms with E-state index in [9.17, 15) is 0 Å². The minimum atomic E-state index is 0.798. The molecule has 0 fully saturated rings. The second-order valence-electron chi connectivity index (χ2n) is 2.25. The molecule has 0 aliphatic heterocycles. The highest BCUT2D eigenvalue weighted by atomic mass is 32.1. The van der Waals surface area contributed by atoms with Crippen molar-refractivity contribution < 1.29 is 4.18 Å². The van der Waals surface area contributed by atoms with E-state index in [2.05, 4.69) is 24.0 Å². The van der Waals surface area contributed by atoms with Crippen molar-refractivity contribution in [1.29, 1.82) is 0 Å². The lowest BCUT2D eigenvalue weighted by molar-refractivity contribution is 0.362. The summed E-state index contributed by atoms with van der Waals surface area (Å²) in [5.41, 5.74) is 0. The van der Waals surface area contributed by atoms with Gasteiger partial charge in [-0.15, -0.1) is 0 Å². The highest BCUT2D eigenvalue weighted by molar-refractivity contribution is 7.75. The van der Waals surface area contributed by atoms with Crippen LogP contribution in [0.5, 0.6) is 0 Å². The number of hydrogen-bond acceptors (Lipinski definition) is 2. The van der Waals surface area contributed by atoms with Crippen molar-refractivity contribution in [1.82, 2.24) is 0 Å². The summed E-state index contributed by atoms with van der Waals surface area (Å²) in [5.74, 6) is 0. The third-order valence-corrected chi connectivity index (χ3v) is 1.52. The Kier molecular flexibility index (Phi) is 8.60. The van der Waals surface area contributed by atoms with Crippen LogP contribution in [0.2, 0.25) is 0 Å². The maximum atomic E-state index is 4.62. The quantitative estimate of drug-likeness (QED) is 0.346. The van der Waals surface area contributed by atoms with Gasteiger partial charge in [-0.3, -0.25) is 0 Å². The molecular weight excluding hydrogens is 132 g/mol. The zero-order valence-corrected chi connectivity index (χ0v) is 6.99. The topological polar surface area (TPSA) is 9.23 Å². The third kappa shape index (κ3) is 8.31. The SMILES string of the molecule is CCCCCCCOS. The summed E-state index contributed by atoms with van der Waals surface area (Å²) in [4.78, 5) is 0. The summed E-state index contributed by atoms with van der Waals surface area (Å²) in [6.45, 7) is 3.02. The van der Waals surface area contributed by atoms with Crippen LogP contribution in [0, 0.1) is 0 Å². The first-order valence-corrected chi connectivity index (χ1v) is 4.04. The monoisotopic (exact) mass is 148 g/mol. The fraction of sp³-hybridized carbons (Fsp3) is 1.00. The molecular formula is C7H16OS. The van der Waals surface area contributed by atoms with Crippen LogP contribution in [-0.4, -0.2) is 6.61 Å². The zero-order chi connectivity index (χ0) is 6.95. The molecule has 0 aliphatic rings. The Morgan fingerprint density at radius 1 is 1.11 bits per heavy atom. The molecule has 0 radical (unpaired) electrons. The predicted octanol–water partition coefficient (Wildman–Crippen LogP) is 2.82. The molecule has 0 spiro atoms. The number of hydrogen-bond donors (Lipinski definition) is 1. The molecule has 0 bridgehead atoms. The lowest BCUT2D eigenvalue weighted by Crippen LogP contribution is -1.83. The summed E-state index contributed by atoms with van der Waals surface area (Å²) in [6, 6.07) is 0. The van der Waals surface area contributed by atoms with E-state index in [4.69, 9.17) is 0 Å². The van der Waals surface area contributed by atoms with Gasteiger partial charge in [-0.05, 0) is 19.3 Å². The van der Waals surface area contributed by atoms with Gasteiger partial charge < -0.3 is 4.18 Å². The van der Waals surface area contributed by atoms with Crippen molar-refractivity contribution in [2.24, 2.45) is 0 Å². The summed E-state index contributed by atoms with van der Waals surface area (Å²) in [6.07, 6.45) is 6.44. The highest BCUT2D eigenvalue weighted by Gasteiger charge is 1.86. The maximum absolute atomic E-state index is 4.62. The molecule has 0 saturated heterocycles. The molecule has 0 aliphatic carbocycles. The Balaban J connectivity index is 2.60. The standard InChI is InChI=1S/C7H16OS/c1-2-3-4-5-6-7-8-9/h9H,2-7H2,1H3. The van der Waals surface area contributed by atoms with Gasteiger partial charge in [-0.25, -0.2) is 0 Å². The summed E-state index contributed by atoms with van der Waals surface area (Å²) in [7, 11) is 0. The molecule has 0 rings (SSSR count). The van der Waals surface area contributed by atoms with Gasteiger partial charge >= 0.3 is 0 Å². The average Bonchev–Trinajstić information content (AvgIpc) is 1.89. The van der Waals surface area contributed by atoms with Gasteiger partial charge in [0, 0.05) is 0 Å². The molecule has 56 valence electrons. The van der Waals surface area contributed by atoms with Crippen LogP contribution in [0.25, 0.3) is 0 Å². The molecule has 0 aromatic carbocycles. The van der Waals surface area contributed by atoms with Crippen molar-refractivity contribution in [2.75, 3.05) is 6.61 Å². The Morgan fingerprint density at radius 3 is 2.33 bits per heavy atom. The van der Waals surface area contributed by atoms with Crippen LogP contribution in [0.1, 0.15) is 39.0 Å². The Labute approximate surface area is 63.4 Å². The molecule has 0 atom stereocenters. The zero-order valence-electron chi connectivity index (χ0n) is 6.10. The van der Waals surface area contributed by atoms with E-state index in [1.54, 1.807) is 0 Å². The third-order valence-electron chi connectivity index (χ3n) is 1.34. The molecule has 9 heavy (non-hydrogen) atoms. The molecule has 0 aromatic heterocycles. The molecule has 0 aromatic rings. The fourth-order valence-corrected chi connectivity index (χ4v) is 0.899. The molecule has 0 saturated carbocycles. The van der Waals surface area contributed by atoms with Gasteiger partial charge in [0.1, 0.15) is 0 Å². The number of thiol groups is 1. The van der Waals surface area contributed by atoms with E-state index >= 15 is 0 Å². The smallest absolute Gasteiger partial charge is 0.0610 e. The van der Waals surface area contributed by atoms with Crippen LogP contribution in [0.3, 0.4) is 0 Å². The Morgan fingerprint density at radius 2 is 1.78 bits per heavy atom. The highest BCUT2D eigenvalue weighted by Crippen LogP contribution is 2.02. The first kappa shape index (κ1) is 9.31. The number of rotatable bonds is 6. The van der Waals surface area contributed by atoms with Gasteiger partial charge in [0.15, 0.2) is 0 Å². The first-order valence-electron chi connectivity index (χ1n) is 3.68. The van der Waals surface area contributed by atoms with Crippen molar-refractivity contribution >= 4 is 12.9 Å². The first-order chi connectivity index (χ1) is 4.41. The molecule has 0 N–H and O–H groups in total. The van der Waals surface area contributed by atoms with Gasteiger partial charge in [-0.2, -0.15) is 0 Å². The van der Waals surface area contributed by atoms with Crippen molar-refractivity contribution in [3.05, 3.63) is 0 Å². The van der Waals surface area contributed by atoms with Crippen molar-refractivity contribution in [3.8, 4) is 0 Å². The van der Waals surface area contributed by atoms with Crippen LogP contribution in [0.15, 0.2) is 0 Å². The lowest BCUT2D eigenvalue weighted by Gasteiger charge is -1.96. The van der Waals surface area contributed by atoms with E-state index < -0.39 is 0 Å². The minimum absolute atomic E-state index is 0.798. The average molecular weight is 148 g/mol. The fourth-order valence-electron chi connectivity index (χ4n) is 0.770. The molecule has 0 amide bonds. The van der Waals surface area contributed by atoms with Crippen LogP contribution < -0.4 is 0 Å². The second-order valence-corrected chi connectivity index (χ2v) is 2.51. The van der Waals surface area contributed by atoms with E-state index in [1.165, 1.54) is 25.7 Å². The van der Waals surface area contributed by atoms with Crippen molar-refractivity contribution in [2.45, 2.75) is 39.0 Å². The number of unbranched alkanes of at least 4 members (excludes halogenated alkanes) is 4. The van der Waals surface area contributed by atoms with E-state index in [-0.39, 0.29) is 0 Å². The lowest BCUT2D eigenvalue weighted by atomic mass is 10.2. The maximum Gasteiger partial charge on any atom is 0.0610 e. The predicted molar refractivity (Wildman–Crippen MR) is 43.7 cm³/mol. The van der Waals surface area contributed by atoms with E-state index in [1.807, 2.05) is 0 Å². The van der Waals surface area contributed by atoms with Crippen LogP contribution in [-0.2, 0) is 4.18 Å². The molecule has 0 heterocycles. The van der Waals surface area contributed by atoms with Gasteiger partial charge in [0.25, 0.3) is 0 Å². The second kappa shape index (κ2) is 8.31. The van der Waals surface area contributed by atoms with Crippen LogP contribution >= 0.6 is 12.9 Å². The van der Waals surface area contributed by atoms with E-state index in [0.29, 0.717) is 0 Å². The summed E-state index contributed by atoms with van der Waals surface area (Å²) in [5, 5.41) is 0. The Hall–Kier alpha value is 0.310. The van der Waals surface area contributed by atoms with Gasteiger partial charge in [0.2, 0.25) is 0 Å². The van der Waals surface area contributed by atoms with E-state index in [0.717, 1.165) is 13.0 Å². The molecule has 2 heteroatoms. The largest absolute Gasteiger partial charge is 0.319 e. The summed E-state index contributed by atoms with van der Waals surface area (Å²) >= 11 is 3.65. The van der Waals surface area contributed by atoms with Gasteiger partial charge in [0.05, 0.1) is 6.61 Å². The Bertz CT molecular complexity index is 42.2. The molecule has 0 unspecified atom stereocenters. The van der Waals surface area contributed by atoms with Gasteiger partial charge in [-0.1, -0.05) is 32.6 Å². The summed E-state index contributed by atoms with van der Waals surface area (Å²) < 4.78 is 4.62. The normalized spacial score (nSPS) is 10.0. The van der Waals surface area contributed by atoms with Crippen molar-refractivity contribution in [3.63, 3.8) is 0 Å². The molecule has 1 nitrogen and oxygen atoms in total. The minimum Gasteiger partial charge on any atom is -0.319 e.